The van der Waals surface area contributed by atoms with Gasteiger partial charge in [0.05, 0.1) is 0 Å². The first kappa shape index (κ1) is 7.64. The molecule has 9 heavy (non-hydrogen) atoms. The molecule has 0 aromatic carbocycles. The van der Waals surface area contributed by atoms with E-state index in [1.165, 1.54) is 6.42 Å². The van der Waals surface area contributed by atoms with E-state index in [-0.39, 0.29) is 0 Å². The first-order chi connectivity index (χ1) is 4.11. The highest BCUT2D eigenvalue weighted by Crippen LogP contribution is 2.29. The van der Waals surface area contributed by atoms with E-state index in [9.17, 15) is 0 Å². The van der Waals surface area contributed by atoms with Gasteiger partial charge in [-0.2, -0.15) is 0 Å². The Bertz CT molecular complexity index is 91.7. The standard InChI is InChI=1S/C6H11Cl2N/c1-6(7,8)5-3-2-4-9-5/h5,9H,2-4H2,1H3. The average Bonchev–Trinajstić information content (AvgIpc) is 2.08. The van der Waals surface area contributed by atoms with Crippen molar-refractivity contribution in [1.29, 1.82) is 0 Å². The Hall–Kier alpha value is 0.540. The summed E-state index contributed by atoms with van der Waals surface area (Å²) in [7, 11) is 0. The van der Waals surface area contributed by atoms with Crippen molar-refractivity contribution in [1.82, 2.24) is 5.32 Å². The van der Waals surface area contributed by atoms with E-state index in [4.69, 9.17) is 23.2 Å². The number of alkyl halides is 2. The minimum Gasteiger partial charge on any atom is -0.311 e. The van der Waals surface area contributed by atoms with Crippen molar-refractivity contribution in [2.75, 3.05) is 6.54 Å². The molecule has 0 aromatic heterocycles. The minimum atomic E-state index is -0.587. The van der Waals surface area contributed by atoms with Gasteiger partial charge in [0.1, 0.15) is 4.33 Å². The number of halogens is 2. The molecule has 0 aliphatic carbocycles. The van der Waals surface area contributed by atoms with E-state index in [1.807, 2.05) is 6.92 Å². The van der Waals surface area contributed by atoms with Gasteiger partial charge in [0, 0.05) is 6.04 Å². The summed E-state index contributed by atoms with van der Waals surface area (Å²) in [6.07, 6.45) is 2.29. The third-order valence-electron chi connectivity index (χ3n) is 1.67. The molecule has 54 valence electrons. The summed E-state index contributed by atoms with van der Waals surface area (Å²) in [6, 6.07) is 0.292. The lowest BCUT2D eigenvalue weighted by Crippen LogP contribution is -2.36. The second-order valence-electron chi connectivity index (χ2n) is 2.61. The molecule has 1 nitrogen and oxygen atoms in total. The molecule has 0 spiro atoms. The van der Waals surface area contributed by atoms with E-state index < -0.39 is 4.33 Å². The summed E-state index contributed by atoms with van der Waals surface area (Å²) < 4.78 is -0.587. The van der Waals surface area contributed by atoms with Crippen molar-refractivity contribution in [3.63, 3.8) is 0 Å². The SMILES string of the molecule is CC(Cl)(Cl)C1CCCN1. The highest BCUT2D eigenvalue weighted by Gasteiger charge is 2.31. The third kappa shape index (κ3) is 1.99. The summed E-state index contributed by atoms with van der Waals surface area (Å²) in [6.45, 7) is 2.89. The van der Waals surface area contributed by atoms with Gasteiger partial charge in [0.15, 0.2) is 0 Å². The van der Waals surface area contributed by atoms with Crippen LogP contribution in [0.1, 0.15) is 19.8 Å². The zero-order valence-electron chi connectivity index (χ0n) is 5.45. The van der Waals surface area contributed by atoms with E-state index >= 15 is 0 Å². The first-order valence-electron chi connectivity index (χ1n) is 3.22. The van der Waals surface area contributed by atoms with E-state index in [0.29, 0.717) is 6.04 Å². The number of nitrogens with one attached hydrogen (secondary N) is 1. The Morgan fingerprint density at radius 3 is 2.44 bits per heavy atom. The molecule has 0 aromatic rings. The monoisotopic (exact) mass is 167 g/mol. The summed E-state index contributed by atoms with van der Waals surface area (Å²) in [4.78, 5) is 0. The topological polar surface area (TPSA) is 12.0 Å². The molecular formula is C6H11Cl2N. The van der Waals surface area contributed by atoms with Gasteiger partial charge < -0.3 is 5.32 Å². The Kier molecular flexibility index (Phi) is 2.25. The van der Waals surface area contributed by atoms with Crippen LogP contribution >= 0.6 is 23.2 Å². The molecule has 1 atom stereocenters. The van der Waals surface area contributed by atoms with E-state index in [0.717, 1.165) is 13.0 Å². The summed E-state index contributed by atoms with van der Waals surface area (Å²) in [5, 5.41) is 3.23. The predicted molar refractivity (Wildman–Crippen MR) is 41.1 cm³/mol. The van der Waals surface area contributed by atoms with Crippen molar-refractivity contribution in [2.24, 2.45) is 0 Å². The lowest BCUT2D eigenvalue weighted by atomic mass is 10.2. The minimum absolute atomic E-state index is 0.292. The lowest BCUT2D eigenvalue weighted by molar-refractivity contribution is 0.558. The Balaban J connectivity index is 2.42. The van der Waals surface area contributed by atoms with Crippen LogP contribution in [0.3, 0.4) is 0 Å². The quantitative estimate of drug-likeness (QED) is 0.590. The number of rotatable bonds is 1. The van der Waals surface area contributed by atoms with Gasteiger partial charge >= 0.3 is 0 Å². The average molecular weight is 168 g/mol. The smallest absolute Gasteiger partial charge is 0.130 e. The van der Waals surface area contributed by atoms with Crippen molar-refractivity contribution in [3.05, 3.63) is 0 Å². The van der Waals surface area contributed by atoms with Crippen LogP contribution in [0.25, 0.3) is 0 Å². The van der Waals surface area contributed by atoms with Gasteiger partial charge in [0.25, 0.3) is 0 Å². The third-order valence-corrected chi connectivity index (χ3v) is 2.20. The molecule has 3 heteroatoms. The summed E-state index contributed by atoms with van der Waals surface area (Å²) >= 11 is 11.7. The normalized spacial score (nSPS) is 29.0. The van der Waals surface area contributed by atoms with Gasteiger partial charge in [0.2, 0.25) is 0 Å². The maximum Gasteiger partial charge on any atom is 0.130 e. The maximum atomic E-state index is 5.84. The summed E-state index contributed by atoms with van der Waals surface area (Å²) in [5.41, 5.74) is 0. The molecular weight excluding hydrogens is 157 g/mol. The van der Waals surface area contributed by atoms with Crippen molar-refractivity contribution >= 4 is 23.2 Å². The predicted octanol–water partition coefficient (Wildman–Crippen LogP) is 1.93. The van der Waals surface area contributed by atoms with E-state index in [1.54, 1.807) is 0 Å². The first-order valence-corrected chi connectivity index (χ1v) is 3.97. The molecule has 0 amide bonds. The number of hydrogen-bond donors (Lipinski definition) is 1. The van der Waals surface area contributed by atoms with E-state index in [2.05, 4.69) is 5.32 Å². The van der Waals surface area contributed by atoms with Crippen LogP contribution in [-0.4, -0.2) is 16.9 Å². The summed E-state index contributed by atoms with van der Waals surface area (Å²) in [5.74, 6) is 0. The lowest BCUT2D eigenvalue weighted by Gasteiger charge is -2.21. The van der Waals surface area contributed by atoms with Crippen molar-refractivity contribution in [2.45, 2.75) is 30.1 Å². The van der Waals surface area contributed by atoms with Gasteiger partial charge in [-0.15, -0.1) is 23.2 Å². The van der Waals surface area contributed by atoms with Crippen LogP contribution in [0, 0.1) is 0 Å². The largest absolute Gasteiger partial charge is 0.311 e. The van der Waals surface area contributed by atoms with Gasteiger partial charge in [-0.25, -0.2) is 0 Å². The van der Waals surface area contributed by atoms with Crippen LogP contribution in [0.5, 0.6) is 0 Å². The van der Waals surface area contributed by atoms with Crippen molar-refractivity contribution in [3.8, 4) is 0 Å². The molecule has 1 saturated heterocycles. The molecule has 0 bridgehead atoms. The second kappa shape index (κ2) is 2.65. The fourth-order valence-electron chi connectivity index (χ4n) is 1.12. The molecule has 1 heterocycles. The fourth-order valence-corrected chi connectivity index (χ4v) is 1.49. The fraction of sp³-hybridized carbons (Fsp3) is 1.00. The molecule has 1 aliphatic rings. The molecule has 0 radical (unpaired) electrons. The Morgan fingerprint density at radius 2 is 2.22 bits per heavy atom. The van der Waals surface area contributed by atoms with Gasteiger partial charge in [-0.1, -0.05) is 0 Å². The molecule has 1 N–H and O–H groups in total. The molecule has 1 unspecified atom stereocenters. The molecule has 1 rings (SSSR count). The molecule has 1 aliphatic heterocycles. The highest BCUT2D eigenvalue weighted by atomic mass is 35.5. The van der Waals surface area contributed by atoms with Crippen molar-refractivity contribution < 1.29 is 0 Å². The zero-order valence-corrected chi connectivity index (χ0v) is 6.97. The molecule has 0 saturated carbocycles. The van der Waals surface area contributed by atoms with Crippen LogP contribution in [0.15, 0.2) is 0 Å². The van der Waals surface area contributed by atoms with Gasteiger partial charge in [-0.3, -0.25) is 0 Å². The van der Waals surface area contributed by atoms with Gasteiger partial charge in [-0.05, 0) is 26.3 Å². The maximum absolute atomic E-state index is 5.84. The Morgan fingerprint density at radius 1 is 1.56 bits per heavy atom. The van der Waals surface area contributed by atoms with Crippen LogP contribution in [-0.2, 0) is 0 Å². The second-order valence-corrected chi connectivity index (χ2v) is 4.37. The zero-order chi connectivity index (χ0) is 6.91. The van der Waals surface area contributed by atoms with Crippen LogP contribution in [0.4, 0.5) is 0 Å². The Labute approximate surface area is 65.7 Å². The highest BCUT2D eigenvalue weighted by molar-refractivity contribution is 6.48. The number of hydrogen-bond acceptors (Lipinski definition) is 1. The van der Waals surface area contributed by atoms with Crippen LogP contribution < -0.4 is 5.32 Å². The van der Waals surface area contributed by atoms with Crippen LogP contribution in [0.2, 0.25) is 0 Å². The molecule has 1 fully saturated rings.